The third-order valence-corrected chi connectivity index (χ3v) is 3.35. The third-order valence-electron chi connectivity index (χ3n) is 3.35. The van der Waals surface area contributed by atoms with Crippen molar-refractivity contribution in [3.8, 4) is 23.0 Å². The molecule has 1 aliphatic heterocycles. The minimum atomic E-state index is -0.439. The van der Waals surface area contributed by atoms with Crippen molar-refractivity contribution in [2.45, 2.75) is 13.0 Å². The van der Waals surface area contributed by atoms with Gasteiger partial charge in [-0.1, -0.05) is 18.2 Å². The van der Waals surface area contributed by atoms with Crippen LogP contribution in [0.15, 0.2) is 48.5 Å². The van der Waals surface area contributed by atoms with Crippen molar-refractivity contribution < 1.29 is 24.2 Å². The van der Waals surface area contributed by atoms with Gasteiger partial charge in [0.05, 0.1) is 6.54 Å². The molecule has 1 atom stereocenters. The Morgan fingerprint density at radius 1 is 1.22 bits per heavy atom. The molecule has 1 aliphatic rings. The van der Waals surface area contributed by atoms with E-state index in [1.165, 1.54) is 6.92 Å². The summed E-state index contributed by atoms with van der Waals surface area (Å²) in [6.45, 7) is 1.58. The first kappa shape index (κ1) is 15.2. The van der Waals surface area contributed by atoms with Gasteiger partial charge >= 0.3 is 0 Å². The molecule has 0 bridgehead atoms. The molecule has 0 aliphatic carbocycles. The lowest BCUT2D eigenvalue weighted by molar-refractivity contribution is -0.168. The first-order valence-corrected chi connectivity index (χ1v) is 7.25. The quantitative estimate of drug-likeness (QED) is 0.694. The van der Waals surface area contributed by atoms with Crippen LogP contribution in [0, 0.1) is 0 Å². The van der Waals surface area contributed by atoms with Crippen molar-refractivity contribution in [1.29, 1.82) is 0 Å². The van der Waals surface area contributed by atoms with Gasteiger partial charge in [0.2, 0.25) is 5.91 Å². The number of nitrogens with zero attached hydrogens (tertiary/aromatic N) is 1. The van der Waals surface area contributed by atoms with Crippen LogP contribution in [0.25, 0.3) is 0 Å². The standard InChI is InChI=1S/C17H17NO5/c1-12(19)18(20)10-15-11-21-17-9-14(7-8-16(17)23-15)22-13-5-3-2-4-6-13/h2-9,15,20H,10-11H2,1H3. The van der Waals surface area contributed by atoms with Crippen LogP contribution in [-0.2, 0) is 4.79 Å². The molecule has 6 heteroatoms. The van der Waals surface area contributed by atoms with Gasteiger partial charge in [-0.3, -0.25) is 10.0 Å². The second-order valence-corrected chi connectivity index (χ2v) is 5.18. The Kier molecular flexibility index (Phi) is 4.34. The number of hydrogen-bond donors (Lipinski definition) is 1. The molecule has 0 fully saturated rings. The van der Waals surface area contributed by atoms with Crippen LogP contribution < -0.4 is 14.2 Å². The van der Waals surface area contributed by atoms with Crippen LogP contribution in [0.3, 0.4) is 0 Å². The first-order valence-electron chi connectivity index (χ1n) is 7.25. The molecule has 0 aromatic heterocycles. The van der Waals surface area contributed by atoms with E-state index in [0.717, 1.165) is 5.75 Å². The molecule has 1 heterocycles. The minimum Gasteiger partial charge on any atom is -0.486 e. The highest BCUT2D eigenvalue weighted by Gasteiger charge is 2.24. The van der Waals surface area contributed by atoms with Gasteiger partial charge in [0, 0.05) is 13.0 Å². The van der Waals surface area contributed by atoms with E-state index in [-0.39, 0.29) is 13.2 Å². The maximum absolute atomic E-state index is 11.0. The van der Waals surface area contributed by atoms with Crippen molar-refractivity contribution in [2.24, 2.45) is 0 Å². The Labute approximate surface area is 133 Å². The number of fused-ring (bicyclic) bond motifs is 1. The van der Waals surface area contributed by atoms with Gasteiger partial charge in [0.25, 0.3) is 0 Å². The minimum absolute atomic E-state index is 0.0526. The van der Waals surface area contributed by atoms with E-state index in [4.69, 9.17) is 14.2 Å². The molecule has 1 unspecified atom stereocenters. The van der Waals surface area contributed by atoms with Gasteiger partial charge in [0.15, 0.2) is 17.6 Å². The number of benzene rings is 2. The maximum atomic E-state index is 11.0. The van der Waals surface area contributed by atoms with E-state index in [2.05, 4.69) is 0 Å². The maximum Gasteiger partial charge on any atom is 0.242 e. The fourth-order valence-electron chi connectivity index (χ4n) is 2.19. The molecule has 2 aromatic carbocycles. The van der Waals surface area contributed by atoms with Gasteiger partial charge in [-0.2, -0.15) is 0 Å². The molecular weight excluding hydrogens is 298 g/mol. The number of rotatable bonds is 4. The summed E-state index contributed by atoms with van der Waals surface area (Å²) in [5, 5.41) is 10.1. The van der Waals surface area contributed by atoms with Crippen molar-refractivity contribution in [2.75, 3.05) is 13.2 Å². The van der Waals surface area contributed by atoms with E-state index in [9.17, 15) is 10.0 Å². The number of hydrogen-bond acceptors (Lipinski definition) is 5. The summed E-state index contributed by atoms with van der Waals surface area (Å²) in [7, 11) is 0. The van der Waals surface area contributed by atoms with E-state index in [1.807, 2.05) is 30.3 Å². The molecule has 6 nitrogen and oxygen atoms in total. The first-order chi connectivity index (χ1) is 11.1. The second-order valence-electron chi connectivity index (χ2n) is 5.18. The van der Waals surface area contributed by atoms with Crippen LogP contribution in [0.5, 0.6) is 23.0 Å². The number of carbonyl (C=O) groups is 1. The molecule has 120 valence electrons. The lowest BCUT2D eigenvalue weighted by Gasteiger charge is -2.28. The van der Waals surface area contributed by atoms with Crippen LogP contribution in [0.4, 0.5) is 0 Å². The summed E-state index contributed by atoms with van der Waals surface area (Å²) in [4.78, 5) is 11.0. The molecular formula is C17H17NO5. The molecule has 0 radical (unpaired) electrons. The fraction of sp³-hybridized carbons (Fsp3) is 0.235. The fourth-order valence-corrected chi connectivity index (χ4v) is 2.19. The normalized spacial score (nSPS) is 15.8. The zero-order valence-corrected chi connectivity index (χ0v) is 12.6. The van der Waals surface area contributed by atoms with Crippen molar-refractivity contribution in [1.82, 2.24) is 5.06 Å². The average molecular weight is 315 g/mol. The Hall–Kier alpha value is -2.73. The summed E-state index contributed by atoms with van der Waals surface area (Å²) >= 11 is 0. The lowest BCUT2D eigenvalue weighted by atomic mass is 10.2. The van der Waals surface area contributed by atoms with E-state index in [0.29, 0.717) is 22.3 Å². The predicted molar refractivity (Wildman–Crippen MR) is 82.0 cm³/mol. The van der Waals surface area contributed by atoms with Gasteiger partial charge in [0.1, 0.15) is 18.1 Å². The van der Waals surface area contributed by atoms with Gasteiger partial charge < -0.3 is 14.2 Å². The smallest absolute Gasteiger partial charge is 0.242 e. The van der Waals surface area contributed by atoms with Gasteiger partial charge in [-0.25, -0.2) is 5.06 Å². The molecule has 0 saturated carbocycles. The largest absolute Gasteiger partial charge is 0.486 e. The SMILES string of the molecule is CC(=O)N(O)CC1COc2cc(Oc3ccccc3)ccc2O1. The summed E-state index contributed by atoms with van der Waals surface area (Å²) in [6.07, 6.45) is -0.419. The highest BCUT2D eigenvalue weighted by atomic mass is 16.6. The molecule has 0 saturated heterocycles. The summed E-state index contributed by atoms with van der Waals surface area (Å²) in [5.41, 5.74) is 0. The Morgan fingerprint density at radius 3 is 2.74 bits per heavy atom. The molecule has 23 heavy (non-hydrogen) atoms. The Bertz CT molecular complexity index is 689. The molecule has 2 aromatic rings. The van der Waals surface area contributed by atoms with Crippen LogP contribution in [0.2, 0.25) is 0 Å². The highest BCUT2D eigenvalue weighted by Crippen LogP contribution is 2.36. The van der Waals surface area contributed by atoms with Crippen LogP contribution in [0.1, 0.15) is 6.92 Å². The number of carbonyl (C=O) groups excluding carboxylic acids is 1. The van der Waals surface area contributed by atoms with Crippen LogP contribution in [-0.4, -0.2) is 35.4 Å². The van der Waals surface area contributed by atoms with Crippen molar-refractivity contribution >= 4 is 5.91 Å². The Morgan fingerprint density at radius 2 is 2.00 bits per heavy atom. The second kappa shape index (κ2) is 6.58. The number of ether oxygens (including phenoxy) is 3. The zero-order chi connectivity index (χ0) is 16.2. The van der Waals surface area contributed by atoms with Crippen molar-refractivity contribution in [3.63, 3.8) is 0 Å². The number of para-hydroxylation sites is 1. The molecule has 1 amide bonds. The molecule has 1 N–H and O–H groups in total. The summed E-state index contributed by atoms with van der Waals surface area (Å²) in [6, 6.07) is 14.7. The number of amides is 1. The predicted octanol–water partition coefficient (Wildman–Crippen LogP) is 2.86. The molecule has 0 spiro atoms. The molecule has 3 rings (SSSR count). The van der Waals surface area contributed by atoms with Gasteiger partial charge in [-0.05, 0) is 24.3 Å². The summed E-state index contributed by atoms with van der Waals surface area (Å²) < 4.78 is 17.1. The zero-order valence-electron chi connectivity index (χ0n) is 12.6. The average Bonchev–Trinajstić information content (AvgIpc) is 2.56. The Balaban J connectivity index is 1.67. The van der Waals surface area contributed by atoms with Crippen molar-refractivity contribution in [3.05, 3.63) is 48.5 Å². The lowest BCUT2D eigenvalue weighted by Crippen LogP contribution is -2.41. The monoisotopic (exact) mass is 315 g/mol. The van der Waals surface area contributed by atoms with E-state index < -0.39 is 12.0 Å². The topological polar surface area (TPSA) is 68.2 Å². The van der Waals surface area contributed by atoms with Gasteiger partial charge in [-0.15, -0.1) is 0 Å². The van der Waals surface area contributed by atoms with E-state index >= 15 is 0 Å². The number of hydroxylamine groups is 2. The summed E-state index contributed by atoms with van der Waals surface area (Å²) in [5.74, 6) is 2.07. The van der Waals surface area contributed by atoms with E-state index in [1.54, 1.807) is 18.2 Å². The third kappa shape index (κ3) is 3.73. The van der Waals surface area contributed by atoms with Crippen LogP contribution >= 0.6 is 0 Å². The highest BCUT2D eigenvalue weighted by molar-refractivity contribution is 5.71.